The second-order valence-electron chi connectivity index (χ2n) is 4.92. The van der Waals surface area contributed by atoms with Gasteiger partial charge in [-0.15, -0.1) is 0 Å². The summed E-state index contributed by atoms with van der Waals surface area (Å²) in [4.78, 5) is 21.2. The molecule has 1 aliphatic heterocycles. The van der Waals surface area contributed by atoms with Gasteiger partial charge >= 0.3 is 5.97 Å². The van der Waals surface area contributed by atoms with Crippen LogP contribution in [-0.2, 0) is 19.1 Å². The van der Waals surface area contributed by atoms with E-state index in [4.69, 9.17) is 19.6 Å². The Morgan fingerprint density at radius 3 is 2.67 bits per heavy atom. The van der Waals surface area contributed by atoms with Crippen LogP contribution in [0.5, 0.6) is 0 Å². The molecule has 2 atom stereocenters. The van der Waals surface area contributed by atoms with E-state index < -0.39 is 12.0 Å². The summed E-state index contributed by atoms with van der Waals surface area (Å²) in [6.07, 6.45) is -0.269. The van der Waals surface area contributed by atoms with Gasteiger partial charge in [0.2, 0.25) is 6.04 Å². The molecular weight excluding hydrogens is 276 g/mol. The van der Waals surface area contributed by atoms with Crippen molar-refractivity contribution < 1.29 is 19.1 Å². The molecule has 1 heterocycles. The van der Waals surface area contributed by atoms with Crippen molar-refractivity contribution in [2.45, 2.75) is 19.2 Å². The molecular formula is C13H24N4O4. The first-order chi connectivity index (χ1) is 10.1. The molecule has 8 heteroatoms. The van der Waals surface area contributed by atoms with Crippen LogP contribution in [0, 0.1) is 11.3 Å². The molecule has 0 bridgehead atoms. The van der Waals surface area contributed by atoms with E-state index in [1.807, 2.05) is 25.1 Å². The molecule has 0 aromatic carbocycles. The molecule has 1 rings (SSSR count). The number of nitriles is 1. The average Bonchev–Trinajstić information content (AvgIpc) is 2.47. The molecule has 8 nitrogen and oxygen atoms in total. The maximum atomic E-state index is 11.6. The highest BCUT2D eigenvalue weighted by atomic mass is 16.7. The summed E-state index contributed by atoms with van der Waals surface area (Å²) in [6, 6.07) is 0.702. The van der Waals surface area contributed by atoms with Gasteiger partial charge in [-0.1, -0.05) is 0 Å². The molecule has 0 saturated carbocycles. The molecule has 21 heavy (non-hydrogen) atoms. The lowest BCUT2D eigenvalue weighted by atomic mass is 10.3. The molecule has 0 aromatic heterocycles. The van der Waals surface area contributed by atoms with E-state index in [2.05, 4.69) is 10.4 Å². The average molecular weight is 300 g/mol. The second-order valence-corrected chi connectivity index (χ2v) is 4.92. The molecule has 0 spiro atoms. The van der Waals surface area contributed by atoms with Crippen LogP contribution in [0.1, 0.15) is 6.92 Å². The number of carbonyl (C=O) groups excluding carboxylic acids is 1. The van der Waals surface area contributed by atoms with Crippen molar-refractivity contribution in [1.82, 2.24) is 15.3 Å². The number of nitrogens with zero attached hydrogens (tertiary/aromatic N) is 3. The molecule has 120 valence electrons. The third-order valence-corrected chi connectivity index (χ3v) is 2.95. The van der Waals surface area contributed by atoms with Gasteiger partial charge in [0.25, 0.3) is 0 Å². The molecule has 2 unspecified atom stereocenters. The Hall–Kier alpha value is -1.24. The Bertz CT molecular complexity index is 353. The molecule has 1 aliphatic rings. The first-order valence-electron chi connectivity index (χ1n) is 7.02. The van der Waals surface area contributed by atoms with Crippen molar-refractivity contribution in [3.05, 3.63) is 0 Å². The lowest BCUT2D eigenvalue weighted by molar-refractivity contribution is -0.163. The fourth-order valence-electron chi connectivity index (χ4n) is 1.90. The predicted molar refractivity (Wildman–Crippen MR) is 75.0 cm³/mol. The van der Waals surface area contributed by atoms with Gasteiger partial charge in [0.1, 0.15) is 6.23 Å². The Balaban J connectivity index is 2.54. The number of hydrogen-bond acceptors (Lipinski definition) is 8. The van der Waals surface area contributed by atoms with Crippen LogP contribution in [0.2, 0.25) is 0 Å². The van der Waals surface area contributed by atoms with E-state index in [0.717, 1.165) is 13.1 Å². The minimum absolute atomic E-state index is 0.225. The minimum Gasteiger partial charge on any atom is -0.464 e. The van der Waals surface area contributed by atoms with Crippen LogP contribution in [0.15, 0.2) is 0 Å². The van der Waals surface area contributed by atoms with Crippen LogP contribution in [-0.4, -0.2) is 81.6 Å². The third kappa shape index (κ3) is 6.37. The van der Waals surface area contributed by atoms with Crippen molar-refractivity contribution in [3.63, 3.8) is 0 Å². The smallest absolute Gasteiger partial charge is 0.340 e. The molecule has 1 fully saturated rings. The Morgan fingerprint density at radius 1 is 1.48 bits per heavy atom. The summed E-state index contributed by atoms with van der Waals surface area (Å²) in [7, 11) is 3.87. The summed E-state index contributed by atoms with van der Waals surface area (Å²) < 4.78 is 10.1. The fraction of sp³-hybridized carbons (Fsp3) is 0.846. The van der Waals surface area contributed by atoms with Crippen molar-refractivity contribution in [1.29, 1.82) is 5.26 Å². The number of nitrogens with one attached hydrogen (secondary N) is 1. The summed E-state index contributed by atoms with van der Waals surface area (Å²) in [5.41, 5.74) is 2.51. The van der Waals surface area contributed by atoms with Crippen molar-refractivity contribution in [2.24, 2.45) is 0 Å². The lowest BCUT2D eigenvalue weighted by Crippen LogP contribution is -2.52. The number of hydroxylamine groups is 1. The molecule has 0 amide bonds. The highest BCUT2D eigenvalue weighted by Crippen LogP contribution is 2.06. The zero-order chi connectivity index (χ0) is 15.7. The number of likely N-dealkylation sites (N-methyl/N-ethyl adjacent to an activating group) is 1. The van der Waals surface area contributed by atoms with Gasteiger partial charge < -0.3 is 14.4 Å². The van der Waals surface area contributed by atoms with E-state index in [9.17, 15) is 4.79 Å². The van der Waals surface area contributed by atoms with Crippen molar-refractivity contribution in [2.75, 3.05) is 53.6 Å². The number of morpholine rings is 1. The van der Waals surface area contributed by atoms with Crippen LogP contribution in [0.3, 0.4) is 0 Å². The first-order valence-corrected chi connectivity index (χ1v) is 7.02. The van der Waals surface area contributed by atoms with Gasteiger partial charge in [0.15, 0.2) is 0 Å². The number of rotatable bonds is 8. The van der Waals surface area contributed by atoms with Crippen LogP contribution in [0.25, 0.3) is 0 Å². The van der Waals surface area contributed by atoms with Crippen molar-refractivity contribution in [3.8, 4) is 6.07 Å². The Morgan fingerprint density at radius 2 is 2.14 bits per heavy atom. The maximum Gasteiger partial charge on any atom is 0.340 e. The summed E-state index contributed by atoms with van der Waals surface area (Å²) >= 11 is 0. The molecule has 0 aromatic rings. The molecule has 1 N–H and O–H groups in total. The Labute approximate surface area is 125 Å². The van der Waals surface area contributed by atoms with Gasteiger partial charge in [0.05, 0.1) is 25.9 Å². The largest absolute Gasteiger partial charge is 0.464 e. The standard InChI is InChI=1S/C13H24N4O4/c1-4-20-13(18)11(9-14)15-21-12(10-16(2)3)17-5-7-19-8-6-17/h11-12,15H,4-8,10H2,1-3H3. The SMILES string of the molecule is CCOC(=O)C(C#N)NOC(CN(C)C)N1CCOCC1. The van der Waals surface area contributed by atoms with Crippen molar-refractivity contribution >= 4 is 5.97 Å². The number of carbonyl (C=O) groups is 1. The van der Waals surface area contributed by atoms with E-state index in [1.54, 1.807) is 6.92 Å². The zero-order valence-corrected chi connectivity index (χ0v) is 12.9. The lowest BCUT2D eigenvalue weighted by Gasteiger charge is -2.35. The number of ether oxygens (including phenoxy) is 2. The van der Waals surface area contributed by atoms with Gasteiger partial charge in [-0.25, -0.2) is 4.79 Å². The fourth-order valence-corrected chi connectivity index (χ4v) is 1.90. The topological polar surface area (TPSA) is 87.1 Å². The normalized spacial score (nSPS) is 19.0. The third-order valence-electron chi connectivity index (χ3n) is 2.95. The molecule has 1 saturated heterocycles. The van der Waals surface area contributed by atoms with E-state index in [-0.39, 0.29) is 12.8 Å². The quantitative estimate of drug-likeness (QED) is 0.460. The van der Waals surface area contributed by atoms with E-state index in [1.165, 1.54) is 0 Å². The van der Waals surface area contributed by atoms with Crippen LogP contribution >= 0.6 is 0 Å². The minimum atomic E-state index is -1.13. The highest BCUT2D eigenvalue weighted by molar-refractivity contribution is 5.78. The maximum absolute atomic E-state index is 11.6. The molecule has 0 radical (unpaired) electrons. The van der Waals surface area contributed by atoms with Gasteiger partial charge in [-0.05, 0) is 21.0 Å². The second kappa shape index (κ2) is 9.65. The summed E-state index contributed by atoms with van der Waals surface area (Å²) in [6.45, 7) is 5.33. The van der Waals surface area contributed by atoms with Crippen LogP contribution < -0.4 is 5.48 Å². The first kappa shape index (κ1) is 17.8. The summed E-state index contributed by atoms with van der Waals surface area (Å²) in [5, 5.41) is 8.99. The predicted octanol–water partition coefficient (Wildman–Crippen LogP) is -0.817. The van der Waals surface area contributed by atoms with E-state index in [0.29, 0.717) is 19.8 Å². The van der Waals surface area contributed by atoms with Gasteiger partial charge in [0, 0.05) is 19.6 Å². The summed E-state index contributed by atoms with van der Waals surface area (Å²) in [5.74, 6) is -0.634. The Kier molecular flexibility index (Phi) is 8.19. The van der Waals surface area contributed by atoms with Gasteiger partial charge in [-0.3, -0.25) is 9.74 Å². The van der Waals surface area contributed by atoms with E-state index >= 15 is 0 Å². The monoisotopic (exact) mass is 300 g/mol. The zero-order valence-electron chi connectivity index (χ0n) is 12.9. The molecule has 0 aliphatic carbocycles. The number of hydrogen-bond donors (Lipinski definition) is 1. The highest BCUT2D eigenvalue weighted by Gasteiger charge is 2.26. The van der Waals surface area contributed by atoms with Gasteiger partial charge in [-0.2, -0.15) is 10.7 Å². The van der Waals surface area contributed by atoms with Crippen LogP contribution in [0.4, 0.5) is 0 Å². The number of esters is 1.